The predicted octanol–water partition coefficient (Wildman–Crippen LogP) is 3.41. The van der Waals surface area contributed by atoms with E-state index < -0.39 is 11.9 Å². The monoisotopic (exact) mass is 464 g/mol. The van der Waals surface area contributed by atoms with Gasteiger partial charge in [-0.25, -0.2) is 0 Å². The van der Waals surface area contributed by atoms with Gasteiger partial charge in [0, 0.05) is 30.4 Å². The number of anilines is 2. The van der Waals surface area contributed by atoms with Gasteiger partial charge in [-0.15, -0.1) is 0 Å². The molecule has 2 N–H and O–H groups in total. The number of amides is 2. The van der Waals surface area contributed by atoms with Gasteiger partial charge in [0.25, 0.3) is 11.8 Å². The standard InChI is InChI=1S/C25H28N4O5/c1-16-20(17(2)29(3)28-16)13-14-24(31)34-15-23(30)26-19-11-9-18(10-12-19)25(32)27-21-7-5-6-8-22(21)33-4/h5-12H,13-15H2,1-4H3,(H,26,30)(H,27,32). The SMILES string of the molecule is COc1ccccc1NC(=O)c1ccc(NC(=O)COC(=O)CCc2c(C)nn(C)c2C)cc1. The van der Waals surface area contributed by atoms with Crippen LogP contribution >= 0.6 is 0 Å². The first kappa shape index (κ1) is 24.5. The Balaban J connectivity index is 1.46. The van der Waals surface area contributed by atoms with Crippen LogP contribution in [-0.2, 0) is 27.8 Å². The van der Waals surface area contributed by atoms with Crippen molar-refractivity contribution >= 4 is 29.2 Å². The molecule has 0 aliphatic rings. The average molecular weight is 465 g/mol. The van der Waals surface area contributed by atoms with E-state index in [-0.39, 0.29) is 18.9 Å². The summed E-state index contributed by atoms with van der Waals surface area (Å²) in [6, 6.07) is 13.5. The van der Waals surface area contributed by atoms with Crippen molar-refractivity contribution in [1.82, 2.24) is 9.78 Å². The summed E-state index contributed by atoms with van der Waals surface area (Å²) in [5.41, 5.74) is 4.35. The first-order valence-electron chi connectivity index (χ1n) is 10.8. The molecule has 0 spiro atoms. The zero-order valence-electron chi connectivity index (χ0n) is 19.7. The maximum atomic E-state index is 12.5. The third-order valence-corrected chi connectivity index (χ3v) is 5.39. The Kier molecular flexibility index (Phi) is 8.02. The molecule has 0 aliphatic carbocycles. The molecule has 0 saturated heterocycles. The minimum atomic E-state index is -0.465. The number of benzene rings is 2. The van der Waals surface area contributed by atoms with Gasteiger partial charge in [0.2, 0.25) is 0 Å². The quantitative estimate of drug-likeness (QED) is 0.470. The third kappa shape index (κ3) is 6.22. The summed E-state index contributed by atoms with van der Waals surface area (Å²) >= 11 is 0. The molecular formula is C25H28N4O5. The second-order valence-electron chi connectivity index (χ2n) is 7.71. The van der Waals surface area contributed by atoms with Crippen LogP contribution in [0.25, 0.3) is 0 Å². The molecule has 2 aromatic carbocycles. The topological polar surface area (TPSA) is 112 Å². The van der Waals surface area contributed by atoms with Gasteiger partial charge < -0.3 is 20.1 Å². The highest BCUT2D eigenvalue weighted by molar-refractivity contribution is 6.05. The van der Waals surface area contributed by atoms with E-state index >= 15 is 0 Å². The summed E-state index contributed by atoms with van der Waals surface area (Å²) in [5, 5.41) is 9.76. The zero-order chi connectivity index (χ0) is 24.7. The predicted molar refractivity (Wildman–Crippen MR) is 128 cm³/mol. The summed E-state index contributed by atoms with van der Waals surface area (Å²) in [5.74, 6) is -0.676. The lowest BCUT2D eigenvalue weighted by Gasteiger charge is -2.10. The molecule has 3 aromatic rings. The largest absolute Gasteiger partial charge is 0.495 e. The Morgan fingerprint density at radius 3 is 2.35 bits per heavy atom. The number of nitrogens with zero attached hydrogens (tertiary/aromatic N) is 2. The first-order chi connectivity index (χ1) is 16.3. The minimum Gasteiger partial charge on any atom is -0.495 e. The second kappa shape index (κ2) is 11.1. The number of methoxy groups -OCH3 is 1. The van der Waals surface area contributed by atoms with Crippen molar-refractivity contribution in [3.8, 4) is 5.75 Å². The van der Waals surface area contributed by atoms with Crippen LogP contribution in [-0.4, -0.2) is 41.3 Å². The fourth-order valence-corrected chi connectivity index (χ4v) is 3.47. The van der Waals surface area contributed by atoms with Crippen molar-refractivity contribution in [1.29, 1.82) is 0 Å². The van der Waals surface area contributed by atoms with Crippen molar-refractivity contribution < 1.29 is 23.9 Å². The van der Waals surface area contributed by atoms with Gasteiger partial charge in [-0.3, -0.25) is 19.1 Å². The van der Waals surface area contributed by atoms with Crippen LogP contribution in [0.3, 0.4) is 0 Å². The number of hydrogen-bond acceptors (Lipinski definition) is 6. The van der Waals surface area contributed by atoms with Crippen LogP contribution in [0, 0.1) is 13.8 Å². The van der Waals surface area contributed by atoms with Crippen molar-refractivity contribution in [3.63, 3.8) is 0 Å². The number of ether oxygens (including phenoxy) is 2. The highest BCUT2D eigenvalue weighted by Crippen LogP contribution is 2.24. The van der Waals surface area contributed by atoms with Crippen LogP contribution in [0.4, 0.5) is 11.4 Å². The fraction of sp³-hybridized carbons (Fsp3) is 0.280. The molecule has 0 atom stereocenters. The number of para-hydroxylation sites is 2. The van der Waals surface area contributed by atoms with Gasteiger partial charge in [-0.05, 0) is 62.2 Å². The molecule has 0 saturated carbocycles. The fourth-order valence-electron chi connectivity index (χ4n) is 3.47. The highest BCUT2D eigenvalue weighted by atomic mass is 16.5. The van der Waals surface area contributed by atoms with Gasteiger partial charge >= 0.3 is 5.97 Å². The minimum absolute atomic E-state index is 0.163. The van der Waals surface area contributed by atoms with Gasteiger partial charge in [0.1, 0.15) is 5.75 Å². The van der Waals surface area contributed by atoms with Crippen molar-refractivity contribution in [3.05, 3.63) is 71.0 Å². The summed E-state index contributed by atoms with van der Waals surface area (Å²) in [4.78, 5) is 36.7. The van der Waals surface area contributed by atoms with Crippen LogP contribution in [0.1, 0.15) is 33.7 Å². The number of rotatable bonds is 9. The van der Waals surface area contributed by atoms with E-state index in [2.05, 4.69) is 15.7 Å². The van der Waals surface area contributed by atoms with Crippen molar-refractivity contribution in [2.24, 2.45) is 7.05 Å². The number of hydrogen-bond donors (Lipinski definition) is 2. The molecule has 0 bridgehead atoms. The van der Waals surface area contributed by atoms with Crippen LogP contribution in [0.2, 0.25) is 0 Å². The van der Waals surface area contributed by atoms with Gasteiger partial charge in [-0.2, -0.15) is 5.10 Å². The van der Waals surface area contributed by atoms with Gasteiger partial charge in [0.15, 0.2) is 6.61 Å². The molecule has 9 nitrogen and oxygen atoms in total. The summed E-state index contributed by atoms with van der Waals surface area (Å²) in [7, 11) is 3.39. The lowest BCUT2D eigenvalue weighted by Crippen LogP contribution is -2.21. The number of esters is 1. The number of nitrogens with one attached hydrogen (secondary N) is 2. The molecule has 9 heteroatoms. The van der Waals surface area contributed by atoms with E-state index in [0.717, 1.165) is 17.0 Å². The number of carbonyl (C=O) groups is 3. The van der Waals surface area contributed by atoms with Gasteiger partial charge in [0.05, 0.1) is 18.5 Å². The molecule has 0 aliphatic heterocycles. The average Bonchev–Trinajstić information content (AvgIpc) is 3.07. The maximum absolute atomic E-state index is 12.5. The highest BCUT2D eigenvalue weighted by Gasteiger charge is 2.14. The molecule has 1 aromatic heterocycles. The van der Waals surface area contributed by atoms with Crippen molar-refractivity contribution in [2.75, 3.05) is 24.4 Å². The summed E-state index contributed by atoms with van der Waals surface area (Å²) < 4.78 is 12.1. The lowest BCUT2D eigenvalue weighted by atomic mass is 10.1. The first-order valence-corrected chi connectivity index (χ1v) is 10.8. The Hall–Kier alpha value is -4.14. The number of carbonyl (C=O) groups excluding carboxylic acids is 3. The van der Waals surface area contributed by atoms with E-state index in [1.165, 1.54) is 7.11 Å². The Labute approximate surface area is 198 Å². The molecule has 0 fully saturated rings. The zero-order valence-corrected chi connectivity index (χ0v) is 19.7. The lowest BCUT2D eigenvalue weighted by molar-refractivity contribution is -0.147. The molecule has 0 radical (unpaired) electrons. The molecule has 34 heavy (non-hydrogen) atoms. The van der Waals surface area contributed by atoms with E-state index in [1.807, 2.05) is 27.0 Å². The molecule has 1 heterocycles. The summed E-state index contributed by atoms with van der Waals surface area (Å²) in [6.07, 6.45) is 0.668. The third-order valence-electron chi connectivity index (χ3n) is 5.39. The summed E-state index contributed by atoms with van der Waals surface area (Å²) in [6.45, 7) is 3.45. The molecule has 0 unspecified atom stereocenters. The van der Waals surface area contributed by atoms with Crippen LogP contribution in [0.15, 0.2) is 48.5 Å². The second-order valence-corrected chi connectivity index (χ2v) is 7.71. The van der Waals surface area contributed by atoms with Gasteiger partial charge in [-0.1, -0.05) is 12.1 Å². The van der Waals surface area contributed by atoms with Crippen molar-refractivity contribution in [2.45, 2.75) is 26.7 Å². The van der Waals surface area contributed by atoms with E-state index in [1.54, 1.807) is 47.1 Å². The molecule has 2 amide bonds. The van der Waals surface area contributed by atoms with Crippen LogP contribution in [0.5, 0.6) is 5.75 Å². The Morgan fingerprint density at radius 2 is 1.71 bits per heavy atom. The number of aryl methyl sites for hydroxylation is 2. The van der Waals surface area contributed by atoms with Crippen LogP contribution < -0.4 is 15.4 Å². The Morgan fingerprint density at radius 1 is 1.00 bits per heavy atom. The molecule has 178 valence electrons. The molecule has 3 rings (SSSR count). The number of aromatic nitrogens is 2. The smallest absolute Gasteiger partial charge is 0.306 e. The van der Waals surface area contributed by atoms with E-state index in [0.29, 0.717) is 29.1 Å². The molecular weight excluding hydrogens is 436 g/mol. The Bertz CT molecular complexity index is 1180. The normalized spacial score (nSPS) is 10.5. The maximum Gasteiger partial charge on any atom is 0.306 e. The van der Waals surface area contributed by atoms with E-state index in [9.17, 15) is 14.4 Å². The van der Waals surface area contributed by atoms with E-state index in [4.69, 9.17) is 9.47 Å².